The minimum atomic E-state index is -1.17. The number of aliphatic hydroxyl groups excluding tert-OH is 1. The highest BCUT2D eigenvalue weighted by atomic mass is 16.6. The van der Waals surface area contributed by atoms with Crippen molar-refractivity contribution in [3.8, 4) is 17.2 Å². The van der Waals surface area contributed by atoms with E-state index in [-0.39, 0.29) is 12.1 Å². The summed E-state index contributed by atoms with van der Waals surface area (Å²) >= 11 is 0. The molecular weight excluding hydrogens is 558 g/mol. The molecule has 44 heavy (non-hydrogen) atoms. The predicted octanol–water partition coefficient (Wildman–Crippen LogP) is 5.43. The van der Waals surface area contributed by atoms with Crippen LogP contribution in [0.4, 0.5) is 0 Å². The average Bonchev–Trinajstić information content (AvgIpc) is 3.27. The molecule has 0 saturated carbocycles. The molecule has 1 unspecified atom stereocenters. The summed E-state index contributed by atoms with van der Waals surface area (Å²) < 4.78 is 30.3. The maximum atomic E-state index is 12.7. The third-order valence-electron chi connectivity index (χ3n) is 9.86. The quantitative estimate of drug-likeness (QED) is 0.256. The Morgan fingerprint density at radius 1 is 0.682 bits per heavy atom. The van der Waals surface area contributed by atoms with Crippen LogP contribution in [0.3, 0.4) is 0 Å². The maximum Gasteiger partial charge on any atom is 0.303 e. The number of nitrogens with zero attached hydrogens (tertiary/aromatic N) is 1. The number of carbonyl (C=O) groups excluding carboxylic acids is 1. The highest BCUT2D eigenvalue weighted by molar-refractivity contribution is 5.66. The topological polar surface area (TPSA) is 86.7 Å². The molecule has 1 N–H and O–H groups in total. The van der Waals surface area contributed by atoms with Gasteiger partial charge in [-0.25, -0.2) is 0 Å². The van der Waals surface area contributed by atoms with Crippen LogP contribution in [0, 0.1) is 10.8 Å². The molecule has 5 atom stereocenters. The van der Waals surface area contributed by atoms with Gasteiger partial charge in [0.05, 0.1) is 33.5 Å². The van der Waals surface area contributed by atoms with Gasteiger partial charge in [-0.3, -0.25) is 9.69 Å². The SMILES string of the molecule is COc1ccc(C(O[C@H]2[C@@H](OC(C)=O)[C@H]3N(C)[C@@H]2C(C)(C)C(O)C3(C)C)(c2ccc(OC)cc2)c2ccc(OC)cc2)cc1. The summed E-state index contributed by atoms with van der Waals surface area (Å²) in [6.45, 7) is 9.65. The highest BCUT2D eigenvalue weighted by Gasteiger charge is 2.69. The number of hydrogen-bond donors (Lipinski definition) is 1. The van der Waals surface area contributed by atoms with Crippen molar-refractivity contribution in [1.29, 1.82) is 0 Å². The molecule has 8 heteroatoms. The number of carbonyl (C=O) groups is 1. The second kappa shape index (κ2) is 11.7. The Hall–Kier alpha value is -3.59. The largest absolute Gasteiger partial charge is 0.497 e. The summed E-state index contributed by atoms with van der Waals surface area (Å²) in [5.74, 6) is 1.75. The van der Waals surface area contributed by atoms with Gasteiger partial charge in [0.1, 0.15) is 35.1 Å². The number of rotatable bonds is 9. The van der Waals surface area contributed by atoms with Gasteiger partial charge in [0.2, 0.25) is 0 Å². The molecule has 0 aliphatic carbocycles. The standard InChI is InChI=1S/C36H45NO7/c1-22(38)43-29-30(32-35(4,5)33(39)34(2,3)31(29)37(32)6)44-36(23-10-16-26(40-7)17-11-23,24-12-18-27(41-8)19-13-24)25-14-20-28(42-9)21-15-25/h10-21,29-33,39H,1-9H3/t29-,30+,31-,32+,33?/m1/s1. The fraction of sp³-hybridized carbons (Fsp3) is 0.472. The molecule has 2 heterocycles. The minimum Gasteiger partial charge on any atom is -0.497 e. The third kappa shape index (κ3) is 5.03. The molecule has 0 spiro atoms. The molecule has 3 aromatic rings. The van der Waals surface area contributed by atoms with E-state index in [0.717, 1.165) is 16.7 Å². The Morgan fingerprint density at radius 2 is 1.02 bits per heavy atom. The van der Waals surface area contributed by atoms with Gasteiger partial charge < -0.3 is 28.8 Å². The van der Waals surface area contributed by atoms with Gasteiger partial charge in [-0.05, 0) is 60.1 Å². The fourth-order valence-corrected chi connectivity index (χ4v) is 8.01. The molecule has 0 aromatic heterocycles. The Kier molecular flexibility index (Phi) is 8.48. The first kappa shape index (κ1) is 31.8. The smallest absolute Gasteiger partial charge is 0.303 e. The molecular formula is C36H45NO7. The molecule has 0 amide bonds. The van der Waals surface area contributed by atoms with Crippen molar-refractivity contribution in [2.45, 2.75) is 70.6 Å². The van der Waals surface area contributed by atoms with Crippen LogP contribution in [0.25, 0.3) is 0 Å². The van der Waals surface area contributed by atoms with Gasteiger partial charge in [0, 0.05) is 23.8 Å². The summed E-state index contributed by atoms with van der Waals surface area (Å²) in [5, 5.41) is 11.8. The minimum absolute atomic E-state index is 0.283. The van der Waals surface area contributed by atoms with Crippen molar-refractivity contribution >= 4 is 5.97 Å². The van der Waals surface area contributed by atoms with E-state index in [1.165, 1.54) is 6.92 Å². The second-order valence-electron chi connectivity index (χ2n) is 13.1. The Bertz CT molecular complexity index is 1330. The number of piperidine rings is 1. The lowest BCUT2D eigenvalue weighted by Crippen LogP contribution is -2.65. The molecule has 5 rings (SSSR count). The van der Waals surface area contributed by atoms with Crippen molar-refractivity contribution in [3.05, 3.63) is 89.5 Å². The zero-order valence-corrected chi connectivity index (χ0v) is 27.2. The van der Waals surface area contributed by atoms with Gasteiger partial charge in [-0.15, -0.1) is 0 Å². The summed E-state index contributed by atoms with van der Waals surface area (Å²) in [6.07, 6.45) is -1.94. The first-order chi connectivity index (χ1) is 20.8. The van der Waals surface area contributed by atoms with Crippen molar-refractivity contribution in [2.24, 2.45) is 10.8 Å². The first-order valence-electron chi connectivity index (χ1n) is 15.0. The molecule has 236 valence electrons. The second-order valence-corrected chi connectivity index (χ2v) is 13.1. The molecule has 3 aromatic carbocycles. The van der Waals surface area contributed by atoms with Crippen LogP contribution in [0.2, 0.25) is 0 Å². The van der Waals surface area contributed by atoms with Crippen molar-refractivity contribution in [3.63, 3.8) is 0 Å². The highest BCUT2D eigenvalue weighted by Crippen LogP contribution is 2.57. The molecule has 2 aliphatic heterocycles. The molecule has 2 fully saturated rings. The molecule has 2 bridgehead atoms. The van der Waals surface area contributed by atoms with E-state index >= 15 is 0 Å². The molecule has 2 saturated heterocycles. The zero-order valence-electron chi connectivity index (χ0n) is 27.2. The Labute approximate surface area is 260 Å². The number of aliphatic hydroxyl groups is 1. The number of ether oxygens (including phenoxy) is 5. The number of esters is 1. The van der Waals surface area contributed by atoms with E-state index in [1.54, 1.807) is 21.3 Å². The first-order valence-corrected chi connectivity index (χ1v) is 15.0. The van der Waals surface area contributed by atoms with Crippen LogP contribution in [0.15, 0.2) is 72.8 Å². The van der Waals surface area contributed by atoms with E-state index < -0.39 is 40.7 Å². The van der Waals surface area contributed by atoms with Crippen molar-refractivity contribution in [1.82, 2.24) is 4.90 Å². The number of benzene rings is 3. The summed E-state index contributed by atoms with van der Waals surface area (Å²) in [5.41, 5.74) is 0.193. The van der Waals surface area contributed by atoms with Crippen LogP contribution in [-0.2, 0) is 19.9 Å². The molecule has 0 radical (unpaired) electrons. The summed E-state index contributed by atoms with van der Waals surface area (Å²) in [6, 6.07) is 22.9. The lowest BCUT2D eigenvalue weighted by Gasteiger charge is -2.55. The Balaban J connectivity index is 1.80. The lowest BCUT2D eigenvalue weighted by molar-refractivity contribution is -0.163. The number of hydrogen-bond acceptors (Lipinski definition) is 8. The van der Waals surface area contributed by atoms with Gasteiger partial charge in [0.15, 0.2) is 0 Å². The van der Waals surface area contributed by atoms with E-state index in [9.17, 15) is 9.90 Å². The van der Waals surface area contributed by atoms with Gasteiger partial charge in [0.25, 0.3) is 0 Å². The van der Waals surface area contributed by atoms with E-state index in [2.05, 4.69) is 18.7 Å². The van der Waals surface area contributed by atoms with Crippen molar-refractivity contribution in [2.75, 3.05) is 28.4 Å². The fourth-order valence-electron chi connectivity index (χ4n) is 8.01. The van der Waals surface area contributed by atoms with E-state index in [0.29, 0.717) is 17.2 Å². The number of likely N-dealkylation sites (N-methyl/N-ethyl adjacent to an activating group) is 1. The van der Waals surface area contributed by atoms with Crippen molar-refractivity contribution < 1.29 is 33.6 Å². The lowest BCUT2D eigenvalue weighted by atomic mass is 9.63. The number of fused-ring (bicyclic) bond motifs is 2. The third-order valence-corrected chi connectivity index (χ3v) is 9.86. The zero-order chi connectivity index (χ0) is 32.0. The van der Waals surface area contributed by atoms with Crippen LogP contribution >= 0.6 is 0 Å². The van der Waals surface area contributed by atoms with E-state index in [1.807, 2.05) is 93.7 Å². The van der Waals surface area contributed by atoms with Gasteiger partial charge in [-0.1, -0.05) is 64.1 Å². The number of methoxy groups -OCH3 is 3. The van der Waals surface area contributed by atoms with Crippen LogP contribution in [0.5, 0.6) is 17.2 Å². The summed E-state index contributed by atoms with van der Waals surface area (Å²) in [7, 11) is 6.96. The van der Waals surface area contributed by atoms with Gasteiger partial charge >= 0.3 is 5.97 Å². The molecule has 8 nitrogen and oxygen atoms in total. The normalized spacial score (nSPS) is 25.7. The van der Waals surface area contributed by atoms with Crippen LogP contribution < -0.4 is 14.2 Å². The van der Waals surface area contributed by atoms with Crippen LogP contribution in [-0.4, -0.2) is 74.7 Å². The molecule has 2 aliphatic rings. The Morgan fingerprint density at radius 3 is 1.34 bits per heavy atom. The average molecular weight is 604 g/mol. The van der Waals surface area contributed by atoms with Crippen LogP contribution in [0.1, 0.15) is 51.3 Å². The van der Waals surface area contributed by atoms with Gasteiger partial charge in [-0.2, -0.15) is 0 Å². The maximum absolute atomic E-state index is 12.7. The monoisotopic (exact) mass is 603 g/mol. The summed E-state index contributed by atoms with van der Waals surface area (Å²) in [4.78, 5) is 14.9. The predicted molar refractivity (Wildman–Crippen MR) is 168 cm³/mol. The van der Waals surface area contributed by atoms with E-state index in [4.69, 9.17) is 23.7 Å².